The van der Waals surface area contributed by atoms with Crippen LogP contribution in [0.15, 0.2) is 42.5 Å². The van der Waals surface area contributed by atoms with Gasteiger partial charge in [0.25, 0.3) is 0 Å². The molecule has 1 saturated heterocycles. The molecule has 2 aromatic rings. The number of rotatable bonds is 7. The third-order valence-electron chi connectivity index (χ3n) is 5.72. The Kier molecular flexibility index (Phi) is 6.34. The fraction of sp³-hybridized carbons (Fsp3) is 0.455. The minimum atomic E-state index is -0.313. The Bertz CT molecular complexity index is 740. The monoisotopic (exact) mass is 373 g/mol. The third-order valence-corrected chi connectivity index (χ3v) is 5.72. The van der Waals surface area contributed by atoms with Gasteiger partial charge in [-0.2, -0.15) is 0 Å². The van der Waals surface area contributed by atoms with Crippen molar-refractivity contribution >= 4 is 0 Å². The van der Waals surface area contributed by atoms with E-state index >= 15 is 0 Å². The Labute approximate surface area is 160 Å². The molecule has 1 aliphatic heterocycles. The second-order valence-electron chi connectivity index (χ2n) is 7.20. The summed E-state index contributed by atoms with van der Waals surface area (Å²) in [5.41, 5.74) is 1.85. The summed E-state index contributed by atoms with van der Waals surface area (Å²) in [6.45, 7) is 2.83. The number of aliphatic hydroxyl groups excluding tert-OH is 1. The molecule has 0 aliphatic carbocycles. The first kappa shape index (κ1) is 19.6. The smallest absolute Gasteiger partial charge is 0.164 e. The summed E-state index contributed by atoms with van der Waals surface area (Å²) in [7, 11) is 3.27. The van der Waals surface area contributed by atoms with Gasteiger partial charge in [0.2, 0.25) is 0 Å². The van der Waals surface area contributed by atoms with E-state index in [-0.39, 0.29) is 17.8 Å². The number of nitrogens with zero attached hydrogens (tertiary/aromatic N) is 1. The van der Waals surface area contributed by atoms with Gasteiger partial charge in [0.15, 0.2) is 11.5 Å². The lowest BCUT2D eigenvalue weighted by atomic mass is 9.73. The molecule has 0 aromatic heterocycles. The van der Waals surface area contributed by atoms with Crippen molar-refractivity contribution in [2.45, 2.75) is 24.7 Å². The standard InChI is InChI=1S/C22H28FNO3/c1-26-20-5-3-4-19(21(20)27-2)22(16-25)11-14-24(15-12-22)13-10-17-6-8-18(23)9-7-17/h3-9,25H,10-16H2,1-2H3. The van der Waals surface area contributed by atoms with Crippen LogP contribution in [0.3, 0.4) is 0 Å². The number of piperidine rings is 1. The predicted octanol–water partition coefficient (Wildman–Crippen LogP) is 3.41. The van der Waals surface area contributed by atoms with Crippen LogP contribution < -0.4 is 9.47 Å². The molecule has 2 aromatic carbocycles. The second kappa shape index (κ2) is 8.72. The first-order valence-electron chi connectivity index (χ1n) is 9.41. The van der Waals surface area contributed by atoms with Gasteiger partial charge in [0.1, 0.15) is 5.82 Å². The van der Waals surface area contributed by atoms with Crippen LogP contribution in [0, 0.1) is 5.82 Å². The van der Waals surface area contributed by atoms with E-state index in [0.29, 0.717) is 11.5 Å². The first-order chi connectivity index (χ1) is 13.1. The zero-order valence-corrected chi connectivity index (χ0v) is 16.1. The summed E-state index contributed by atoms with van der Waals surface area (Å²) < 4.78 is 24.1. The van der Waals surface area contributed by atoms with Crippen LogP contribution in [0.4, 0.5) is 4.39 Å². The molecule has 1 fully saturated rings. The van der Waals surface area contributed by atoms with E-state index in [9.17, 15) is 9.50 Å². The minimum absolute atomic E-state index is 0.0856. The van der Waals surface area contributed by atoms with Crippen molar-refractivity contribution < 1.29 is 19.0 Å². The van der Waals surface area contributed by atoms with Gasteiger partial charge < -0.3 is 19.5 Å². The fourth-order valence-corrected chi connectivity index (χ4v) is 3.96. The average Bonchev–Trinajstić information content (AvgIpc) is 2.73. The summed E-state index contributed by atoms with van der Waals surface area (Å²) in [5, 5.41) is 10.2. The molecule has 0 atom stereocenters. The van der Waals surface area contributed by atoms with Crippen LogP contribution in [-0.2, 0) is 11.8 Å². The molecule has 3 rings (SSSR count). The highest BCUT2D eigenvalue weighted by molar-refractivity contribution is 5.50. The van der Waals surface area contributed by atoms with Crippen molar-refractivity contribution in [2.75, 3.05) is 40.5 Å². The van der Waals surface area contributed by atoms with Gasteiger partial charge in [0, 0.05) is 17.5 Å². The van der Waals surface area contributed by atoms with E-state index in [0.717, 1.165) is 50.0 Å². The third kappa shape index (κ3) is 4.25. The summed E-state index contributed by atoms with van der Waals surface area (Å²) in [5.74, 6) is 1.21. The maximum Gasteiger partial charge on any atom is 0.164 e. The zero-order chi connectivity index (χ0) is 19.3. The first-order valence-corrected chi connectivity index (χ1v) is 9.41. The van der Waals surface area contributed by atoms with Gasteiger partial charge in [-0.05, 0) is 56.1 Å². The largest absolute Gasteiger partial charge is 0.493 e. The van der Waals surface area contributed by atoms with Crippen molar-refractivity contribution in [3.05, 3.63) is 59.4 Å². The molecule has 0 spiro atoms. The molecule has 0 radical (unpaired) electrons. The van der Waals surface area contributed by atoms with Crippen LogP contribution in [0.1, 0.15) is 24.0 Å². The summed E-state index contributed by atoms with van der Waals surface area (Å²) in [6.07, 6.45) is 2.61. The highest BCUT2D eigenvalue weighted by Crippen LogP contribution is 2.43. The summed E-state index contributed by atoms with van der Waals surface area (Å²) in [6, 6.07) is 12.6. The fourth-order valence-electron chi connectivity index (χ4n) is 3.96. The molecule has 0 bridgehead atoms. The number of likely N-dealkylation sites (tertiary alicyclic amines) is 1. The maximum atomic E-state index is 13.0. The summed E-state index contributed by atoms with van der Waals surface area (Å²) in [4.78, 5) is 2.41. The van der Waals surface area contributed by atoms with E-state index in [2.05, 4.69) is 4.90 Å². The Morgan fingerprint density at radius 2 is 1.74 bits per heavy atom. The Morgan fingerprint density at radius 1 is 1.04 bits per heavy atom. The molecule has 1 N–H and O–H groups in total. The number of methoxy groups -OCH3 is 2. The van der Waals surface area contributed by atoms with Crippen molar-refractivity contribution in [2.24, 2.45) is 0 Å². The SMILES string of the molecule is COc1cccc(C2(CO)CCN(CCc3ccc(F)cc3)CC2)c1OC. The van der Waals surface area contributed by atoms with Crippen LogP contribution in [0.2, 0.25) is 0 Å². The molecule has 4 nitrogen and oxygen atoms in total. The predicted molar refractivity (Wildman–Crippen MR) is 104 cm³/mol. The van der Waals surface area contributed by atoms with Gasteiger partial charge in [0.05, 0.1) is 20.8 Å². The number of aliphatic hydroxyl groups is 1. The number of halogens is 1. The molecule has 1 aliphatic rings. The normalized spacial score (nSPS) is 16.9. The van der Waals surface area contributed by atoms with E-state index < -0.39 is 0 Å². The number of hydrogen-bond acceptors (Lipinski definition) is 4. The molecular formula is C22H28FNO3. The molecule has 146 valence electrons. The molecule has 0 amide bonds. The van der Waals surface area contributed by atoms with Gasteiger partial charge in [-0.3, -0.25) is 0 Å². The van der Waals surface area contributed by atoms with Crippen LogP contribution >= 0.6 is 0 Å². The van der Waals surface area contributed by atoms with E-state index in [1.54, 1.807) is 14.2 Å². The number of para-hydroxylation sites is 1. The van der Waals surface area contributed by atoms with Gasteiger partial charge >= 0.3 is 0 Å². The lowest BCUT2D eigenvalue weighted by molar-refractivity contribution is 0.0995. The number of ether oxygens (including phenoxy) is 2. The van der Waals surface area contributed by atoms with Crippen LogP contribution in [-0.4, -0.2) is 50.5 Å². The number of benzene rings is 2. The molecule has 27 heavy (non-hydrogen) atoms. The zero-order valence-electron chi connectivity index (χ0n) is 16.1. The van der Waals surface area contributed by atoms with Crippen molar-refractivity contribution in [3.8, 4) is 11.5 Å². The lowest BCUT2D eigenvalue weighted by Gasteiger charge is -2.41. The van der Waals surface area contributed by atoms with E-state index in [4.69, 9.17) is 9.47 Å². The highest BCUT2D eigenvalue weighted by atomic mass is 19.1. The summed E-state index contributed by atoms with van der Waals surface area (Å²) >= 11 is 0. The van der Waals surface area contributed by atoms with Crippen LogP contribution in [0.25, 0.3) is 0 Å². The molecule has 0 unspecified atom stereocenters. The van der Waals surface area contributed by atoms with Crippen LogP contribution in [0.5, 0.6) is 11.5 Å². The lowest BCUT2D eigenvalue weighted by Crippen LogP contribution is -2.45. The number of hydrogen-bond donors (Lipinski definition) is 1. The quantitative estimate of drug-likeness (QED) is 0.808. The minimum Gasteiger partial charge on any atom is -0.493 e. The van der Waals surface area contributed by atoms with Gasteiger partial charge in [-0.15, -0.1) is 0 Å². The Morgan fingerprint density at radius 3 is 2.33 bits per heavy atom. The van der Waals surface area contributed by atoms with Crippen molar-refractivity contribution in [1.82, 2.24) is 4.90 Å². The van der Waals surface area contributed by atoms with Crippen molar-refractivity contribution in [3.63, 3.8) is 0 Å². The Hall–Kier alpha value is -2.11. The molecule has 1 heterocycles. The average molecular weight is 373 g/mol. The van der Waals surface area contributed by atoms with E-state index in [1.807, 2.05) is 30.3 Å². The Balaban J connectivity index is 1.67. The molecular weight excluding hydrogens is 345 g/mol. The second-order valence-corrected chi connectivity index (χ2v) is 7.20. The molecule has 5 heteroatoms. The van der Waals surface area contributed by atoms with Crippen molar-refractivity contribution in [1.29, 1.82) is 0 Å². The molecule has 0 saturated carbocycles. The maximum absolute atomic E-state index is 13.0. The topological polar surface area (TPSA) is 41.9 Å². The highest BCUT2D eigenvalue weighted by Gasteiger charge is 2.38. The van der Waals surface area contributed by atoms with E-state index in [1.165, 1.54) is 12.1 Å². The van der Waals surface area contributed by atoms with Gasteiger partial charge in [-0.25, -0.2) is 4.39 Å². The van der Waals surface area contributed by atoms with Gasteiger partial charge in [-0.1, -0.05) is 24.3 Å².